The summed E-state index contributed by atoms with van der Waals surface area (Å²) in [7, 11) is -3.76. The first-order valence-electron chi connectivity index (χ1n) is 6.33. The Balaban J connectivity index is 2.88. The number of carbonyl (C=O) groups is 1. The normalized spacial score (nSPS) is 11.4. The molecule has 0 bridgehead atoms. The lowest BCUT2D eigenvalue weighted by molar-refractivity contribution is -0.120. The highest BCUT2D eigenvalue weighted by atomic mass is 32.2. The highest BCUT2D eigenvalue weighted by Gasteiger charge is 2.18. The Bertz CT molecular complexity index is 655. The Labute approximate surface area is 130 Å². The Morgan fingerprint density at radius 2 is 2.00 bits per heavy atom. The zero-order chi connectivity index (χ0) is 16.2. The standard InChI is InChI=1S/C13H19N3O3S2/c1-8(2)16-12(17)7-15-21(18,19)11-5-4-10(13(14)20)6-9(11)3/h4-6,8,15H,7H2,1-3H3,(H2,14,20)(H,16,17). The zero-order valence-electron chi connectivity index (χ0n) is 12.1. The van der Waals surface area contributed by atoms with E-state index in [9.17, 15) is 13.2 Å². The number of sulfonamides is 1. The zero-order valence-corrected chi connectivity index (χ0v) is 13.8. The first-order valence-corrected chi connectivity index (χ1v) is 8.22. The Morgan fingerprint density at radius 3 is 2.48 bits per heavy atom. The lowest BCUT2D eigenvalue weighted by atomic mass is 10.1. The predicted molar refractivity (Wildman–Crippen MR) is 85.5 cm³/mol. The number of hydrogen-bond acceptors (Lipinski definition) is 4. The predicted octanol–water partition coefficient (Wildman–Crippen LogP) is 0.432. The van der Waals surface area contributed by atoms with Gasteiger partial charge in [0.15, 0.2) is 0 Å². The summed E-state index contributed by atoms with van der Waals surface area (Å²) >= 11 is 4.84. The first kappa shape index (κ1) is 17.5. The third-order valence-corrected chi connectivity index (χ3v) is 4.42. The number of rotatable bonds is 6. The summed E-state index contributed by atoms with van der Waals surface area (Å²) in [5, 5.41) is 2.61. The van der Waals surface area contributed by atoms with Gasteiger partial charge in [-0.3, -0.25) is 4.79 Å². The van der Waals surface area contributed by atoms with Gasteiger partial charge >= 0.3 is 0 Å². The van der Waals surface area contributed by atoms with Crippen LogP contribution in [0.5, 0.6) is 0 Å². The van der Waals surface area contributed by atoms with Crippen molar-refractivity contribution in [3.8, 4) is 0 Å². The van der Waals surface area contributed by atoms with Crippen molar-refractivity contribution in [1.82, 2.24) is 10.0 Å². The number of nitrogens with two attached hydrogens (primary N) is 1. The quantitative estimate of drug-likeness (QED) is 0.657. The van der Waals surface area contributed by atoms with Gasteiger partial charge in [-0.1, -0.05) is 18.3 Å². The van der Waals surface area contributed by atoms with Crippen molar-refractivity contribution >= 4 is 33.1 Å². The van der Waals surface area contributed by atoms with Gasteiger partial charge in [0.05, 0.1) is 11.4 Å². The van der Waals surface area contributed by atoms with Crippen molar-refractivity contribution in [1.29, 1.82) is 0 Å². The third-order valence-electron chi connectivity index (χ3n) is 2.62. The Hall–Kier alpha value is -1.51. The smallest absolute Gasteiger partial charge is 0.241 e. The number of carbonyl (C=O) groups excluding carboxylic acids is 1. The molecule has 21 heavy (non-hydrogen) atoms. The average molecular weight is 329 g/mol. The molecule has 0 spiro atoms. The minimum atomic E-state index is -3.76. The van der Waals surface area contributed by atoms with Crippen LogP contribution in [-0.4, -0.2) is 31.9 Å². The summed E-state index contributed by atoms with van der Waals surface area (Å²) < 4.78 is 26.6. The fourth-order valence-corrected chi connectivity index (χ4v) is 3.05. The summed E-state index contributed by atoms with van der Waals surface area (Å²) in [5.74, 6) is -0.383. The highest BCUT2D eigenvalue weighted by Crippen LogP contribution is 2.16. The molecule has 0 heterocycles. The molecule has 0 unspecified atom stereocenters. The summed E-state index contributed by atoms with van der Waals surface area (Å²) in [6.45, 7) is 4.93. The molecule has 4 N–H and O–H groups in total. The minimum absolute atomic E-state index is 0.0476. The number of hydrogen-bond donors (Lipinski definition) is 3. The maximum atomic E-state index is 12.2. The molecule has 0 aliphatic rings. The van der Waals surface area contributed by atoms with Gasteiger partial charge in [-0.2, -0.15) is 0 Å². The molecule has 1 rings (SSSR count). The second kappa shape index (κ2) is 6.97. The Kier molecular flexibility index (Phi) is 5.82. The molecule has 1 amide bonds. The van der Waals surface area contributed by atoms with Gasteiger partial charge in [-0.25, -0.2) is 13.1 Å². The minimum Gasteiger partial charge on any atom is -0.389 e. The monoisotopic (exact) mass is 329 g/mol. The van der Waals surface area contributed by atoms with E-state index in [1.807, 2.05) is 0 Å². The molecule has 0 aromatic heterocycles. The average Bonchev–Trinajstić information content (AvgIpc) is 2.35. The van der Waals surface area contributed by atoms with E-state index in [2.05, 4.69) is 10.0 Å². The molecular weight excluding hydrogens is 310 g/mol. The van der Waals surface area contributed by atoms with Crippen LogP contribution in [0.4, 0.5) is 0 Å². The van der Waals surface area contributed by atoms with E-state index in [0.29, 0.717) is 11.1 Å². The second-order valence-electron chi connectivity index (χ2n) is 4.89. The van der Waals surface area contributed by atoms with Crippen LogP contribution >= 0.6 is 12.2 Å². The van der Waals surface area contributed by atoms with Gasteiger partial charge < -0.3 is 11.1 Å². The summed E-state index contributed by atoms with van der Waals surface area (Å²) in [6.07, 6.45) is 0. The van der Waals surface area contributed by atoms with Crippen LogP contribution in [0.15, 0.2) is 23.1 Å². The van der Waals surface area contributed by atoms with Crippen LogP contribution in [0.3, 0.4) is 0 Å². The molecule has 0 saturated carbocycles. The molecular formula is C13H19N3O3S2. The molecule has 0 saturated heterocycles. The van der Waals surface area contributed by atoms with E-state index in [4.69, 9.17) is 18.0 Å². The summed E-state index contributed by atoms with van der Waals surface area (Å²) in [4.78, 5) is 11.8. The first-order chi connectivity index (χ1) is 9.63. The van der Waals surface area contributed by atoms with Crippen molar-refractivity contribution in [2.75, 3.05) is 6.54 Å². The number of nitrogens with one attached hydrogen (secondary N) is 2. The number of amides is 1. The van der Waals surface area contributed by atoms with Crippen molar-refractivity contribution < 1.29 is 13.2 Å². The van der Waals surface area contributed by atoms with Crippen LogP contribution in [0, 0.1) is 6.92 Å². The van der Waals surface area contributed by atoms with Crippen molar-refractivity contribution in [3.63, 3.8) is 0 Å². The molecule has 8 heteroatoms. The topological polar surface area (TPSA) is 101 Å². The SMILES string of the molecule is Cc1cc(C(N)=S)ccc1S(=O)(=O)NCC(=O)NC(C)C. The largest absolute Gasteiger partial charge is 0.389 e. The van der Waals surface area contributed by atoms with Gasteiger partial charge in [-0.05, 0) is 38.5 Å². The number of aryl methyl sites for hydroxylation is 1. The van der Waals surface area contributed by atoms with Gasteiger partial charge in [0.2, 0.25) is 15.9 Å². The molecule has 0 aliphatic carbocycles. The summed E-state index contributed by atoms with van der Waals surface area (Å²) in [5.41, 5.74) is 6.61. The Morgan fingerprint density at radius 1 is 1.38 bits per heavy atom. The van der Waals surface area contributed by atoms with Crippen molar-refractivity contribution in [2.24, 2.45) is 5.73 Å². The third kappa shape index (κ3) is 5.07. The van der Waals surface area contributed by atoms with E-state index in [1.165, 1.54) is 12.1 Å². The molecule has 116 valence electrons. The summed E-state index contributed by atoms with van der Waals surface area (Å²) in [6, 6.07) is 4.52. The van der Waals surface area contributed by atoms with Crippen LogP contribution in [-0.2, 0) is 14.8 Å². The maximum Gasteiger partial charge on any atom is 0.241 e. The van der Waals surface area contributed by atoms with Gasteiger partial charge in [0.25, 0.3) is 0 Å². The molecule has 0 atom stereocenters. The molecule has 1 aromatic carbocycles. The van der Waals surface area contributed by atoms with Crippen LogP contribution in [0.2, 0.25) is 0 Å². The second-order valence-corrected chi connectivity index (χ2v) is 7.07. The molecule has 0 radical (unpaired) electrons. The van der Waals surface area contributed by atoms with E-state index in [1.54, 1.807) is 26.8 Å². The van der Waals surface area contributed by atoms with Crippen molar-refractivity contribution in [2.45, 2.75) is 31.7 Å². The molecule has 0 aliphatic heterocycles. The van der Waals surface area contributed by atoms with E-state index in [-0.39, 0.29) is 28.4 Å². The fraction of sp³-hybridized carbons (Fsp3) is 0.385. The lowest BCUT2D eigenvalue weighted by Crippen LogP contribution is -2.39. The van der Waals surface area contributed by atoms with Crippen molar-refractivity contribution in [3.05, 3.63) is 29.3 Å². The fourth-order valence-electron chi connectivity index (χ4n) is 1.72. The van der Waals surface area contributed by atoms with Crippen LogP contribution < -0.4 is 15.8 Å². The molecule has 0 fully saturated rings. The highest BCUT2D eigenvalue weighted by molar-refractivity contribution is 7.89. The molecule has 6 nitrogen and oxygen atoms in total. The number of thiocarbonyl (C=S) groups is 1. The number of benzene rings is 1. The van der Waals surface area contributed by atoms with E-state index in [0.717, 1.165) is 0 Å². The van der Waals surface area contributed by atoms with Gasteiger partial charge in [-0.15, -0.1) is 0 Å². The van der Waals surface area contributed by atoms with Crippen LogP contribution in [0.25, 0.3) is 0 Å². The molecule has 1 aromatic rings. The van der Waals surface area contributed by atoms with Gasteiger partial charge in [0, 0.05) is 11.6 Å². The van der Waals surface area contributed by atoms with E-state index >= 15 is 0 Å². The van der Waals surface area contributed by atoms with Crippen LogP contribution in [0.1, 0.15) is 25.0 Å². The van der Waals surface area contributed by atoms with Gasteiger partial charge in [0.1, 0.15) is 4.99 Å². The maximum absolute atomic E-state index is 12.2. The van der Waals surface area contributed by atoms with E-state index < -0.39 is 10.0 Å². The lowest BCUT2D eigenvalue weighted by Gasteiger charge is -2.12.